The summed E-state index contributed by atoms with van der Waals surface area (Å²) in [6, 6.07) is 6.02. The molecule has 3 heterocycles. The second kappa shape index (κ2) is 12.4. The van der Waals surface area contributed by atoms with Crippen molar-refractivity contribution < 1.29 is 79.2 Å². The summed E-state index contributed by atoms with van der Waals surface area (Å²) in [6.07, 6.45) is -15.5. The van der Waals surface area contributed by atoms with Crippen LogP contribution in [0.1, 0.15) is 6.92 Å². The normalized spacial score (nSPS) is 32.4. The van der Waals surface area contributed by atoms with Gasteiger partial charge in [0.2, 0.25) is 24.1 Å². The molecule has 2 saturated heterocycles. The minimum Gasteiger partial charge on any atom is -0.507 e. The summed E-state index contributed by atoms with van der Waals surface area (Å²) < 4.78 is 33.9. The first-order valence-corrected chi connectivity index (χ1v) is 13.4. The van der Waals surface area contributed by atoms with E-state index in [-0.39, 0.29) is 45.3 Å². The summed E-state index contributed by atoms with van der Waals surface area (Å²) in [4.78, 5) is 0. The molecular formula is C28H33O16+. The Kier molecular flexibility index (Phi) is 8.90. The number of phenolic OH excluding ortho intramolecular Hbond substituents is 3. The van der Waals surface area contributed by atoms with Crippen molar-refractivity contribution in [1.82, 2.24) is 0 Å². The van der Waals surface area contributed by atoms with Gasteiger partial charge in [-0.05, 0) is 6.92 Å². The highest BCUT2D eigenvalue weighted by Gasteiger charge is 2.46. The number of benzene rings is 2. The van der Waals surface area contributed by atoms with E-state index in [1.807, 2.05) is 0 Å². The van der Waals surface area contributed by atoms with Crippen molar-refractivity contribution in [1.29, 1.82) is 0 Å². The van der Waals surface area contributed by atoms with Gasteiger partial charge in [-0.25, -0.2) is 4.42 Å². The molecule has 0 unspecified atom stereocenters. The molecule has 10 atom stereocenters. The van der Waals surface area contributed by atoms with Gasteiger partial charge in [0.1, 0.15) is 59.6 Å². The zero-order chi connectivity index (χ0) is 32.0. The summed E-state index contributed by atoms with van der Waals surface area (Å²) in [5, 5.41) is 102. The Morgan fingerprint density at radius 2 is 1.36 bits per heavy atom. The van der Waals surface area contributed by atoms with Crippen LogP contribution in [0.15, 0.2) is 34.7 Å². The van der Waals surface area contributed by atoms with Crippen LogP contribution < -0.4 is 14.2 Å². The number of aliphatic hydroxyl groups is 7. The second-order valence-corrected chi connectivity index (χ2v) is 10.5. The SMILES string of the molecule is COc1cc(-c2[o+]c3cc(O)cc(O[C@@H]4O[C@H](CO)[C@@H](O)[C@H](O)[C@H]4O)c3cc2O[C@@H]2O[C@@H](C)[C@H](O)[C@@H](O)[C@H]2O)cc(O)c1O. The van der Waals surface area contributed by atoms with E-state index in [9.17, 15) is 51.1 Å². The highest BCUT2D eigenvalue weighted by atomic mass is 16.7. The summed E-state index contributed by atoms with van der Waals surface area (Å²) in [7, 11) is 1.24. The van der Waals surface area contributed by atoms with E-state index in [4.69, 9.17) is 28.1 Å². The van der Waals surface area contributed by atoms with Gasteiger partial charge in [0.25, 0.3) is 0 Å². The summed E-state index contributed by atoms with van der Waals surface area (Å²) in [5.74, 6) is -2.24. The molecule has 44 heavy (non-hydrogen) atoms. The number of rotatable bonds is 7. The number of hydrogen-bond donors (Lipinski definition) is 10. The van der Waals surface area contributed by atoms with Crippen LogP contribution in [-0.4, -0.2) is 126 Å². The summed E-state index contributed by atoms with van der Waals surface area (Å²) in [5.41, 5.74) is 0.0140. The molecule has 2 aromatic carbocycles. The average molecular weight is 626 g/mol. The maximum Gasteiger partial charge on any atom is 0.402 e. The van der Waals surface area contributed by atoms with Gasteiger partial charge in [0.05, 0.1) is 31.5 Å². The number of aromatic hydroxyl groups is 3. The molecule has 0 radical (unpaired) electrons. The standard InChI is InChI=1S/C28H32O16/c1-9-19(32)22(35)24(37)27(40-9)43-17-7-12-14(41-26(17)10-3-13(31)20(33)16(4-10)39-2)5-11(30)6-15(12)42-28-25(38)23(36)21(34)18(8-29)44-28/h3-7,9,18-19,21-25,27-29,32,34-38H,8H2,1-2H3,(H2-,30,31,33)/p+1/t9-,18+,19-,21+,22+,23-,24+,25+,27-,28+/m0/s1. The van der Waals surface area contributed by atoms with E-state index in [0.29, 0.717) is 0 Å². The lowest BCUT2D eigenvalue weighted by Crippen LogP contribution is -2.60. The Balaban J connectivity index is 1.64. The van der Waals surface area contributed by atoms with Gasteiger partial charge in [0.15, 0.2) is 11.5 Å². The van der Waals surface area contributed by atoms with Crippen LogP contribution >= 0.6 is 0 Å². The highest BCUT2D eigenvalue weighted by molar-refractivity contribution is 5.89. The van der Waals surface area contributed by atoms with E-state index in [1.165, 1.54) is 32.2 Å². The van der Waals surface area contributed by atoms with Crippen molar-refractivity contribution in [2.45, 2.75) is 68.3 Å². The van der Waals surface area contributed by atoms with E-state index in [2.05, 4.69) is 0 Å². The average Bonchev–Trinajstić information content (AvgIpc) is 3.00. The molecule has 0 amide bonds. The largest absolute Gasteiger partial charge is 0.507 e. The van der Waals surface area contributed by atoms with Crippen molar-refractivity contribution in [2.75, 3.05) is 13.7 Å². The number of aliphatic hydroxyl groups excluding tert-OH is 7. The Morgan fingerprint density at radius 3 is 2.02 bits per heavy atom. The Labute approximate surface area is 248 Å². The van der Waals surface area contributed by atoms with Crippen LogP contribution in [0.3, 0.4) is 0 Å². The third-order valence-corrected chi connectivity index (χ3v) is 7.48. The lowest BCUT2D eigenvalue weighted by Gasteiger charge is -2.39. The number of methoxy groups -OCH3 is 1. The summed E-state index contributed by atoms with van der Waals surface area (Å²) >= 11 is 0. The van der Waals surface area contributed by atoms with Crippen LogP contribution in [0.4, 0.5) is 0 Å². The molecule has 240 valence electrons. The van der Waals surface area contributed by atoms with Crippen molar-refractivity contribution in [2.24, 2.45) is 0 Å². The lowest BCUT2D eigenvalue weighted by atomic mass is 9.99. The Hall–Kier alpha value is -3.71. The molecule has 2 aliphatic rings. The first kappa shape index (κ1) is 31.7. The fourth-order valence-electron chi connectivity index (χ4n) is 4.96. The number of fused-ring (bicyclic) bond motifs is 1. The fourth-order valence-corrected chi connectivity index (χ4v) is 4.96. The minimum atomic E-state index is -1.79. The van der Waals surface area contributed by atoms with Gasteiger partial charge in [-0.15, -0.1) is 0 Å². The maximum atomic E-state index is 10.6. The molecule has 3 aromatic rings. The molecule has 0 bridgehead atoms. The summed E-state index contributed by atoms with van der Waals surface area (Å²) in [6.45, 7) is 0.730. The first-order valence-electron chi connectivity index (χ1n) is 13.4. The highest BCUT2D eigenvalue weighted by Crippen LogP contribution is 2.45. The predicted molar refractivity (Wildman–Crippen MR) is 145 cm³/mol. The number of phenols is 3. The van der Waals surface area contributed by atoms with Crippen molar-refractivity contribution >= 4 is 11.0 Å². The van der Waals surface area contributed by atoms with Crippen molar-refractivity contribution in [3.05, 3.63) is 30.3 Å². The van der Waals surface area contributed by atoms with Crippen LogP contribution in [0.2, 0.25) is 0 Å². The van der Waals surface area contributed by atoms with Crippen LogP contribution in [0, 0.1) is 0 Å². The topological polar surface area (TPSA) is 260 Å². The smallest absolute Gasteiger partial charge is 0.402 e. The van der Waals surface area contributed by atoms with Gasteiger partial charge < -0.3 is 74.7 Å². The molecule has 2 aliphatic heterocycles. The monoisotopic (exact) mass is 625 g/mol. The zero-order valence-electron chi connectivity index (χ0n) is 23.3. The maximum absolute atomic E-state index is 10.6. The van der Waals surface area contributed by atoms with Gasteiger partial charge in [-0.2, -0.15) is 0 Å². The molecule has 1 aromatic heterocycles. The van der Waals surface area contributed by atoms with E-state index < -0.39 is 79.5 Å². The molecule has 5 rings (SSSR count). The molecular weight excluding hydrogens is 592 g/mol. The molecule has 0 saturated carbocycles. The van der Waals surface area contributed by atoms with Crippen molar-refractivity contribution in [3.8, 4) is 45.8 Å². The van der Waals surface area contributed by atoms with E-state index in [0.717, 1.165) is 12.1 Å². The Morgan fingerprint density at radius 1 is 0.727 bits per heavy atom. The van der Waals surface area contributed by atoms with Crippen molar-refractivity contribution in [3.63, 3.8) is 0 Å². The van der Waals surface area contributed by atoms with Crippen LogP contribution in [-0.2, 0) is 9.47 Å². The van der Waals surface area contributed by atoms with Crippen LogP contribution in [0.5, 0.6) is 34.5 Å². The quantitative estimate of drug-likeness (QED) is 0.110. The molecule has 0 spiro atoms. The molecule has 10 N–H and O–H groups in total. The number of ether oxygens (including phenoxy) is 5. The lowest BCUT2D eigenvalue weighted by molar-refractivity contribution is -0.277. The predicted octanol–water partition coefficient (Wildman–Crippen LogP) is -1.11. The van der Waals surface area contributed by atoms with E-state index in [1.54, 1.807) is 0 Å². The molecule has 16 heteroatoms. The molecule has 2 fully saturated rings. The molecule has 0 aliphatic carbocycles. The van der Waals surface area contributed by atoms with Crippen LogP contribution in [0.25, 0.3) is 22.3 Å². The van der Waals surface area contributed by atoms with Gasteiger partial charge in [-0.3, -0.25) is 0 Å². The first-order chi connectivity index (χ1) is 20.8. The van der Waals surface area contributed by atoms with E-state index >= 15 is 0 Å². The second-order valence-electron chi connectivity index (χ2n) is 10.5. The van der Waals surface area contributed by atoms with Gasteiger partial charge in [-0.1, -0.05) is 0 Å². The van der Waals surface area contributed by atoms with Gasteiger partial charge in [0, 0.05) is 24.3 Å². The Bertz CT molecular complexity index is 1500. The minimum absolute atomic E-state index is 0.0624. The third-order valence-electron chi connectivity index (χ3n) is 7.48. The zero-order valence-corrected chi connectivity index (χ0v) is 23.3. The fraction of sp³-hybridized carbons (Fsp3) is 0.464. The van der Waals surface area contributed by atoms with Gasteiger partial charge >= 0.3 is 11.3 Å². The molecule has 16 nitrogen and oxygen atoms in total. The number of hydrogen-bond acceptors (Lipinski definition) is 15. The third kappa shape index (κ3) is 5.74.